The summed E-state index contributed by atoms with van der Waals surface area (Å²) >= 11 is 0. The number of hydrogen-bond donors (Lipinski definition) is 0. The number of benzene rings is 2. The molecule has 0 aliphatic carbocycles. The van der Waals surface area contributed by atoms with E-state index in [-0.39, 0.29) is 5.82 Å². The molecule has 0 saturated carbocycles. The molecule has 0 unspecified atom stereocenters. The van der Waals surface area contributed by atoms with Gasteiger partial charge in [-0.3, -0.25) is 0 Å². The van der Waals surface area contributed by atoms with Crippen molar-refractivity contribution in [3.63, 3.8) is 0 Å². The molecule has 3 nitrogen and oxygen atoms in total. The monoisotopic (exact) mass is 284 g/mol. The Morgan fingerprint density at radius 1 is 1.19 bits per heavy atom. The smallest absolute Gasteiger partial charge is 0.146 e. The van der Waals surface area contributed by atoms with E-state index in [4.69, 9.17) is 10.00 Å². The van der Waals surface area contributed by atoms with Gasteiger partial charge in [0.1, 0.15) is 11.6 Å². The van der Waals surface area contributed by atoms with Gasteiger partial charge < -0.3 is 9.64 Å². The van der Waals surface area contributed by atoms with Crippen molar-refractivity contribution >= 4 is 5.69 Å². The minimum atomic E-state index is -0.220. The van der Waals surface area contributed by atoms with Crippen molar-refractivity contribution in [1.82, 2.24) is 0 Å². The standard InChI is InChI=1S/C17H17FN2O/c1-20(17-9-3-2-8-16(17)18)10-5-11-21-15-7-4-6-14(12-15)13-19/h2-4,6-9,12H,5,10-11H2,1H3. The third-order valence-corrected chi connectivity index (χ3v) is 3.13. The Bertz CT molecular complexity index is 637. The van der Waals surface area contributed by atoms with Crippen LogP contribution in [0.3, 0.4) is 0 Å². The summed E-state index contributed by atoms with van der Waals surface area (Å²) in [7, 11) is 1.86. The highest BCUT2D eigenvalue weighted by molar-refractivity contribution is 5.46. The normalized spacial score (nSPS) is 9.95. The van der Waals surface area contributed by atoms with Gasteiger partial charge in [0.05, 0.1) is 23.9 Å². The SMILES string of the molecule is CN(CCCOc1cccc(C#N)c1)c1ccccc1F. The maximum Gasteiger partial charge on any atom is 0.146 e. The molecule has 0 radical (unpaired) electrons. The molecule has 21 heavy (non-hydrogen) atoms. The highest BCUT2D eigenvalue weighted by atomic mass is 19.1. The minimum absolute atomic E-state index is 0.220. The summed E-state index contributed by atoms with van der Waals surface area (Å²) in [6.07, 6.45) is 0.765. The Morgan fingerprint density at radius 2 is 2.00 bits per heavy atom. The van der Waals surface area contributed by atoms with Crippen LogP contribution in [0.2, 0.25) is 0 Å². The summed E-state index contributed by atoms with van der Waals surface area (Å²) in [5.41, 5.74) is 1.17. The largest absolute Gasteiger partial charge is 0.493 e. The maximum absolute atomic E-state index is 13.6. The first-order valence-electron chi connectivity index (χ1n) is 6.79. The van der Waals surface area contributed by atoms with Gasteiger partial charge in [-0.25, -0.2) is 4.39 Å². The van der Waals surface area contributed by atoms with Crippen LogP contribution < -0.4 is 9.64 Å². The Labute approximate surface area is 124 Å². The van der Waals surface area contributed by atoms with Crippen molar-refractivity contribution in [2.24, 2.45) is 0 Å². The molecule has 0 fully saturated rings. The summed E-state index contributed by atoms with van der Waals surface area (Å²) in [4.78, 5) is 1.87. The summed E-state index contributed by atoms with van der Waals surface area (Å²) in [6, 6.07) is 15.8. The van der Waals surface area contributed by atoms with E-state index in [0.717, 1.165) is 6.42 Å². The van der Waals surface area contributed by atoms with Crippen LogP contribution in [0.15, 0.2) is 48.5 Å². The van der Waals surface area contributed by atoms with Crippen LogP contribution in [-0.2, 0) is 0 Å². The van der Waals surface area contributed by atoms with E-state index >= 15 is 0 Å². The quantitative estimate of drug-likeness (QED) is 0.760. The van der Waals surface area contributed by atoms with Crippen LogP contribution in [0.25, 0.3) is 0 Å². The van der Waals surface area contributed by atoms with Gasteiger partial charge >= 0.3 is 0 Å². The lowest BCUT2D eigenvalue weighted by molar-refractivity contribution is 0.312. The zero-order valence-electron chi connectivity index (χ0n) is 11.9. The predicted octanol–water partition coefficient (Wildman–Crippen LogP) is 3.60. The molecule has 0 spiro atoms. The molecular weight excluding hydrogens is 267 g/mol. The first-order chi connectivity index (χ1) is 10.2. The molecule has 0 aliphatic heterocycles. The molecule has 4 heteroatoms. The molecule has 2 aromatic rings. The molecule has 0 aliphatic rings. The van der Waals surface area contributed by atoms with E-state index in [2.05, 4.69) is 6.07 Å². The van der Waals surface area contributed by atoms with E-state index < -0.39 is 0 Å². The summed E-state index contributed by atoms with van der Waals surface area (Å²) in [6.45, 7) is 1.21. The number of anilines is 1. The minimum Gasteiger partial charge on any atom is -0.493 e. The predicted molar refractivity (Wildman–Crippen MR) is 80.9 cm³/mol. The molecular formula is C17H17FN2O. The van der Waals surface area contributed by atoms with Crippen LogP contribution in [0.5, 0.6) is 5.75 Å². The Morgan fingerprint density at radius 3 is 2.76 bits per heavy atom. The lowest BCUT2D eigenvalue weighted by Crippen LogP contribution is -2.21. The second kappa shape index (κ2) is 7.30. The van der Waals surface area contributed by atoms with Gasteiger partial charge in [-0.2, -0.15) is 5.26 Å². The molecule has 0 atom stereocenters. The van der Waals surface area contributed by atoms with Crippen LogP contribution in [0, 0.1) is 17.1 Å². The van der Waals surface area contributed by atoms with E-state index in [1.165, 1.54) is 6.07 Å². The summed E-state index contributed by atoms with van der Waals surface area (Å²) in [5, 5.41) is 8.81. The highest BCUT2D eigenvalue weighted by Gasteiger charge is 2.06. The number of hydrogen-bond acceptors (Lipinski definition) is 3. The van der Waals surface area contributed by atoms with Gasteiger partial charge in [0, 0.05) is 13.6 Å². The molecule has 0 bridgehead atoms. The maximum atomic E-state index is 13.6. The summed E-state index contributed by atoms with van der Waals surface area (Å²) < 4.78 is 19.2. The van der Waals surface area contributed by atoms with Gasteiger partial charge in [0.25, 0.3) is 0 Å². The van der Waals surface area contributed by atoms with E-state index in [9.17, 15) is 4.39 Å². The molecule has 0 amide bonds. The van der Waals surface area contributed by atoms with Crippen LogP contribution in [-0.4, -0.2) is 20.2 Å². The Kier molecular flexibility index (Phi) is 5.16. The van der Waals surface area contributed by atoms with Crippen molar-refractivity contribution in [2.45, 2.75) is 6.42 Å². The number of nitriles is 1. The van der Waals surface area contributed by atoms with Gasteiger partial charge in [0.15, 0.2) is 0 Å². The Hall–Kier alpha value is -2.54. The van der Waals surface area contributed by atoms with Crippen molar-refractivity contribution in [3.8, 4) is 11.8 Å². The molecule has 0 saturated heterocycles. The van der Waals surface area contributed by atoms with Crippen molar-refractivity contribution in [3.05, 3.63) is 59.9 Å². The topological polar surface area (TPSA) is 36.3 Å². The number of rotatable bonds is 6. The fraction of sp³-hybridized carbons (Fsp3) is 0.235. The number of nitrogens with zero attached hydrogens (tertiary/aromatic N) is 2. The van der Waals surface area contributed by atoms with E-state index in [1.807, 2.05) is 24.1 Å². The van der Waals surface area contributed by atoms with Crippen molar-refractivity contribution in [2.75, 3.05) is 25.1 Å². The Balaban J connectivity index is 1.79. The second-order valence-corrected chi connectivity index (χ2v) is 4.71. The van der Waals surface area contributed by atoms with E-state index in [0.29, 0.717) is 30.2 Å². The number of para-hydroxylation sites is 1. The average Bonchev–Trinajstić information content (AvgIpc) is 2.52. The molecule has 2 aromatic carbocycles. The molecule has 0 aromatic heterocycles. The van der Waals surface area contributed by atoms with E-state index in [1.54, 1.807) is 30.3 Å². The molecule has 0 N–H and O–H groups in total. The van der Waals surface area contributed by atoms with Gasteiger partial charge in [-0.05, 0) is 36.8 Å². The van der Waals surface area contributed by atoms with Crippen LogP contribution in [0.1, 0.15) is 12.0 Å². The number of halogens is 1. The van der Waals surface area contributed by atoms with Gasteiger partial charge in [-0.1, -0.05) is 18.2 Å². The summed E-state index contributed by atoms with van der Waals surface area (Å²) in [5.74, 6) is 0.463. The van der Waals surface area contributed by atoms with Gasteiger partial charge in [-0.15, -0.1) is 0 Å². The first kappa shape index (κ1) is 14.9. The lowest BCUT2D eigenvalue weighted by atomic mass is 10.2. The second-order valence-electron chi connectivity index (χ2n) is 4.71. The third-order valence-electron chi connectivity index (χ3n) is 3.13. The lowest BCUT2D eigenvalue weighted by Gasteiger charge is -2.19. The fourth-order valence-corrected chi connectivity index (χ4v) is 2.03. The highest BCUT2D eigenvalue weighted by Crippen LogP contribution is 2.17. The van der Waals surface area contributed by atoms with Gasteiger partial charge in [0.2, 0.25) is 0 Å². The number of ether oxygens (including phenoxy) is 1. The van der Waals surface area contributed by atoms with Crippen LogP contribution in [0.4, 0.5) is 10.1 Å². The van der Waals surface area contributed by atoms with Crippen molar-refractivity contribution < 1.29 is 9.13 Å². The first-order valence-corrected chi connectivity index (χ1v) is 6.79. The molecule has 2 rings (SSSR count). The third kappa shape index (κ3) is 4.22. The zero-order valence-corrected chi connectivity index (χ0v) is 11.9. The zero-order chi connectivity index (χ0) is 15.1. The molecule has 0 heterocycles. The van der Waals surface area contributed by atoms with Crippen molar-refractivity contribution in [1.29, 1.82) is 5.26 Å². The molecule has 108 valence electrons. The van der Waals surface area contributed by atoms with Crippen LogP contribution >= 0.6 is 0 Å². The fourth-order valence-electron chi connectivity index (χ4n) is 2.03. The average molecular weight is 284 g/mol.